The van der Waals surface area contributed by atoms with E-state index in [1.807, 2.05) is 37.3 Å². The minimum Gasteiger partial charge on any atom is -0.493 e. The molecule has 1 N–H and O–H groups in total. The Morgan fingerprint density at radius 2 is 1.44 bits per heavy atom. The number of methoxy groups -OCH3 is 2. The second-order valence-electron chi connectivity index (χ2n) is 6.25. The third kappa shape index (κ3) is 4.29. The van der Waals surface area contributed by atoms with Crippen LogP contribution in [-0.4, -0.2) is 20.1 Å². The molecule has 3 aromatic rings. The number of ether oxygens (including phenoxy) is 2. The highest BCUT2D eigenvalue weighted by molar-refractivity contribution is 5.95. The Bertz CT molecular complexity index is 905. The van der Waals surface area contributed by atoms with E-state index in [1.54, 1.807) is 32.4 Å². The van der Waals surface area contributed by atoms with Crippen molar-refractivity contribution in [2.75, 3.05) is 14.2 Å². The van der Waals surface area contributed by atoms with E-state index < -0.39 is 0 Å². The molecule has 1 atom stereocenters. The summed E-state index contributed by atoms with van der Waals surface area (Å²) in [7, 11) is 3.12. The quantitative estimate of drug-likeness (QED) is 0.682. The van der Waals surface area contributed by atoms with Crippen molar-refractivity contribution in [2.24, 2.45) is 0 Å². The highest BCUT2D eigenvalue weighted by Crippen LogP contribution is 2.28. The van der Waals surface area contributed by atoms with Crippen LogP contribution in [0.5, 0.6) is 11.5 Å². The van der Waals surface area contributed by atoms with E-state index in [1.165, 1.54) is 5.56 Å². The lowest BCUT2D eigenvalue weighted by molar-refractivity contribution is 0.0939. The van der Waals surface area contributed by atoms with Gasteiger partial charge in [0.15, 0.2) is 11.5 Å². The van der Waals surface area contributed by atoms with Crippen LogP contribution in [0.25, 0.3) is 11.1 Å². The molecule has 0 heterocycles. The lowest BCUT2D eigenvalue weighted by Crippen LogP contribution is -2.26. The molecule has 0 aromatic heterocycles. The first kappa shape index (κ1) is 18.5. The molecule has 1 unspecified atom stereocenters. The van der Waals surface area contributed by atoms with Gasteiger partial charge in [0.05, 0.1) is 20.3 Å². The summed E-state index contributed by atoms with van der Waals surface area (Å²) < 4.78 is 10.5. The zero-order valence-corrected chi connectivity index (χ0v) is 15.7. The lowest BCUT2D eigenvalue weighted by Gasteiger charge is -2.16. The summed E-state index contributed by atoms with van der Waals surface area (Å²) in [4.78, 5) is 12.6. The predicted octanol–water partition coefficient (Wildman–Crippen LogP) is 4.86. The van der Waals surface area contributed by atoms with Crippen molar-refractivity contribution in [3.8, 4) is 22.6 Å². The van der Waals surface area contributed by atoms with Gasteiger partial charge >= 0.3 is 0 Å². The van der Waals surface area contributed by atoms with Crippen LogP contribution >= 0.6 is 0 Å². The molecule has 0 aliphatic carbocycles. The molecule has 0 aliphatic rings. The number of carbonyl (C=O) groups excluding carboxylic acids is 1. The number of rotatable bonds is 6. The summed E-state index contributed by atoms with van der Waals surface area (Å²) >= 11 is 0. The smallest absolute Gasteiger partial charge is 0.251 e. The van der Waals surface area contributed by atoms with E-state index >= 15 is 0 Å². The van der Waals surface area contributed by atoms with E-state index in [0.717, 1.165) is 11.1 Å². The Labute approximate surface area is 159 Å². The SMILES string of the molecule is COc1ccc(C(=O)NC(C)c2ccc(-c3ccccc3)cc2)cc1OC. The van der Waals surface area contributed by atoms with Crippen molar-refractivity contribution >= 4 is 5.91 Å². The van der Waals surface area contributed by atoms with Gasteiger partial charge < -0.3 is 14.8 Å². The first-order valence-corrected chi connectivity index (χ1v) is 8.80. The molecule has 4 nitrogen and oxygen atoms in total. The van der Waals surface area contributed by atoms with Gasteiger partial charge in [0.25, 0.3) is 5.91 Å². The van der Waals surface area contributed by atoms with E-state index in [2.05, 4.69) is 29.6 Å². The van der Waals surface area contributed by atoms with Crippen LogP contribution in [0.2, 0.25) is 0 Å². The average molecular weight is 361 g/mol. The fourth-order valence-corrected chi connectivity index (χ4v) is 2.94. The maximum Gasteiger partial charge on any atom is 0.251 e. The van der Waals surface area contributed by atoms with Crippen LogP contribution in [0.4, 0.5) is 0 Å². The zero-order valence-electron chi connectivity index (χ0n) is 15.7. The topological polar surface area (TPSA) is 47.6 Å². The molecular weight excluding hydrogens is 338 g/mol. The second kappa shape index (κ2) is 8.41. The van der Waals surface area contributed by atoms with Crippen LogP contribution in [-0.2, 0) is 0 Å². The van der Waals surface area contributed by atoms with Crippen molar-refractivity contribution in [1.82, 2.24) is 5.32 Å². The number of hydrogen-bond donors (Lipinski definition) is 1. The average Bonchev–Trinajstić information content (AvgIpc) is 2.73. The van der Waals surface area contributed by atoms with E-state index in [4.69, 9.17) is 9.47 Å². The summed E-state index contributed by atoms with van der Waals surface area (Å²) in [6, 6.07) is 23.5. The van der Waals surface area contributed by atoms with Gasteiger partial charge in [-0.15, -0.1) is 0 Å². The Morgan fingerprint density at radius 1 is 0.815 bits per heavy atom. The molecule has 1 amide bonds. The molecule has 0 saturated carbocycles. The zero-order chi connectivity index (χ0) is 19.2. The largest absolute Gasteiger partial charge is 0.493 e. The highest BCUT2D eigenvalue weighted by Gasteiger charge is 2.14. The molecule has 0 fully saturated rings. The molecule has 3 aromatic carbocycles. The fraction of sp³-hybridized carbons (Fsp3) is 0.174. The van der Waals surface area contributed by atoms with Crippen molar-refractivity contribution in [2.45, 2.75) is 13.0 Å². The first-order chi connectivity index (χ1) is 13.1. The number of amides is 1. The van der Waals surface area contributed by atoms with Gasteiger partial charge in [-0.25, -0.2) is 0 Å². The predicted molar refractivity (Wildman–Crippen MR) is 107 cm³/mol. The molecule has 4 heteroatoms. The van der Waals surface area contributed by atoms with Gasteiger partial charge in [-0.1, -0.05) is 54.6 Å². The molecule has 0 bridgehead atoms. The van der Waals surface area contributed by atoms with Gasteiger partial charge in [-0.2, -0.15) is 0 Å². The van der Waals surface area contributed by atoms with E-state index in [-0.39, 0.29) is 11.9 Å². The molecule has 0 saturated heterocycles. The molecule has 27 heavy (non-hydrogen) atoms. The summed E-state index contributed by atoms with van der Waals surface area (Å²) in [6.07, 6.45) is 0. The number of nitrogens with one attached hydrogen (secondary N) is 1. The van der Waals surface area contributed by atoms with Crippen LogP contribution in [0.15, 0.2) is 72.8 Å². The van der Waals surface area contributed by atoms with Gasteiger partial charge in [0, 0.05) is 5.56 Å². The number of benzene rings is 3. The Balaban J connectivity index is 1.71. The van der Waals surface area contributed by atoms with Crippen molar-refractivity contribution in [3.63, 3.8) is 0 Å². The monoisotopic (exact) mass is 361 g/mol. The van der Waals surface area contributed by atoms with Crippen LogP contribution < -0.4 is 14.8 Å². The first-order valence-electron chi connectivity index (χ1n) is 8.80. The van der Waals surface area contributed by atoms with Gasteiger partial charge in [-0.05, 0) is 41.8 Å². The molecule has 138 valence electrons. The molecule has 3 rings (SSSR count). The van der Waals surface area contributed by atoms with Gasteiger partial charge in [0.1, 0.15) is 0 Å². The maximum atomic E-state index is 12.6. The van der Waals surface area contributed by atoms with Crippen molar-refractivity contribution in [1.29, 1.82) is 0 Å². The molecule has 0 aliphatic heterocycles. The Kier molecular flexibility index (Phi) is 5.77. The van der Waals surface area contributed by atoms with Crippen LogP contribution in [0.3, 0.4) is 0 Å². The summed E-state index contributed by atoms with van der Waals surface area (Å²) in [5.41, 5.74) is 3.90. The highest BCUT2D eigenvalue weighted by atomic mass is 16.5. The second-order valence-corrected chi connectivity index (χ2v) is 6.25. The molecule has 0 radical (unpaired) electrons. The van der Waals surface area contributed by atoms with Crippen LogP contribution in [0, 0.1) is 0 Å². The fourth-order valence-electron chi connectivity index (χ4n) is 2.94. The maximum absolute atomic E-state index is 12.6. The van der Waals surface area contributed by atoms with E-state index in [0.29, 0.717) is 17.1 Å². The number of carbonyl (C=O) groups is 1. The molecular formula is C23H23NO3. The standard InChI is InChI=1S/C23H23NO3/c1-16(17-9-11-19(12-10-17)18-7-5-4-6-8-18)24-23(25)20-13-14-21(26-2)22(15-20)27-3/h4-16H,1-3H3,(H,24,25). The lowest BCUT2D eigenvalue weighted by atomic mass is 10.0. The third-order valence-corrected chi connectivity index (χ3v) is 4.51. The van der Waals surface area contributed by atoms with Crippen molar-refractivity contribution in [3.05, 3.63) is 83.9 Å². The minimum atomic E-state index is -0.157. The summed E-state index contributed by atoms with van der Waals surface area (Å²) in [5, 5.41) is 3.03. The Hall–Kier alpha value is -3.27. The van der Waals surface area contributed by atoms with E-state index in [9.17, 15) is 4.79 Å². The molecule has 0 spiro atoms. The normalized spacial score (nSPS) is 11.5. The summed E-state index contributed by atoms with van der Waals surface area (Å²) in [5.74, 6) is 0.971. The van der Waals surface area contributed by atoms with Gasteiger partial charge in [0.2, 0.25) is 0 Å². The Morgan fingerprint density at radius 3 is 2.07 bits per heavy atom. The summed E-state index contributed by atoms with van der Waals surface area (Å²) in [6.45, 7) is 1.97. The van der Waals surface area contributed by atoms with Gasteiger partial charge in [-0.3, -0.25) is 4.79 Å². The van der Waals surface area contributed by atoms with Crippen molar-refractivity contribution < 1.29 is 14.3 Å². The number of hydrogen-bond acceptors (Lipinski definition) is 3. The third-order valence-electron chi connectivity index (χ3n) is 4.51. The minimum absolute atomic E-state index is 0.115. The van der Waals surface area contributed by atoms with Crippen LogP contribution in [0.1, 0.15) is 28.9 Å².